The summed E-state index contributed by atoms with van der Waals surface area (Å²) in [6.45, 7) is 14.6. The van der Waals surface area contributed by atoms with Crippen molar-refractivity contribution in [1.82, 2.24) is 19.9 Å². The van der Waals surface area contributed by atoms with Crippen LogP contribution in [0.15, 0.2) is 30.5 Å². The van der Waals surface area contributed by atoms with Crippen molar-refractivity contribution < 1.29 is 22.8 Å². The summed E-state index contributed by atoms with van der Waals surface area (Å²) in [5.74, 6) is 0.387. The number of aromatic nitrogens is 3. The average molecular weight is 600 g/mol. The van der Waals surface area contributed by atoms with Gasteiger partial charge in [-0.1, -0.05) is 34.6 Å². The first-order valence-corrected chi connectivity index (χ1v) is 13.3. The quantitative estimate of drug-likeness (QED) is 0.243. The summed E-state index contributed by atoms with van der Waals surface area (Å²) >= 11 is 0. The van der Waals surface area contributed by atoms with Gasteiger partial charge < -0.3 is 19.4 Å². The number of nitro groups is 1. The van der Waals surface area contributed by atoms with Crippen LogP contribution in [-0.4, -0.2) is 71.7 Å². The molecule has 228 valence electrons. The summed E-state index contributed by atoms with van der Waals surface area (Å²) in [7, 11) is 3.04. The van der Waals surface area contributed by atoms with Gasteiger partial charge in [-0.15, -0.1) is 0 Å². The van der Waals surface area contributed by atoms with Gasteiger partial charge in [0.15, 0.2) is 5.65 Å². The van der Waals surface area contributed by atoms with Gasteiger partial charge in [-0.25, -0.2) is 4.98 Å². The summed E-state index contributed by atoms with van der Waals surface area (Å²) in [6, 6.07) is 4.52. The van der Waals surface area contributed by atoms with Crippen LogP contribution in [0.4, 0.5) is 30.4 Å². The molecule has 10 nitrogen and oxygen atoms in total. The molecule has 0 bridgehead atoms. The molecule has 1 aliphatic heterocycles. The number of benzene rings is 1. The molecule has 0 atom stereocenters. The topological polar surface area (TPSA) is 101 Å². The molecule has 0 radical (unpaired) electrons. The molecule has 0 amide bonds. The van der Waals surface area contributed by atoms with Crippen LogP contribution in [0.25, 0.3) is 11.0 Å². The van der Waals surface area contributed by atoms with E-state index in [2.05, 4.69) is 31.7 Å². The van der Waals surface area contributed by atoms with Crippen molar-refractivity contribution in [2.75, 3.05) is 56.7 Å². The summed E-state index contributed by atoms with van der Waals surface area (Å²) < 4.78 is 45.3. The molecule has 3 aromatic rings. The molecule has 1 saturated heterocycles. The van der Waals surface area contributed by atoms with Crippen LogP contribution in [0.5, 0.6) is 6.01 Å². The van der Waals surface area contributed by atoms with E-state index < -0.39 is 22.4 Å². The van der Waals surface area contributed by atoms with E-state index in [0.717, 1.165) is 50.5 Å². The van der Waals surface area contributed by atoms with Crippen molar-refractivity contribution in [3.8, 4) is 6.01 Å². The van der Waals surface area contributed by atoms with Gasteiger partial charge in [0.25, 0.3) is 5.69 Å². The smallest absolute Gasteiger partial charge is 0.416 e. The Balaban J connectivity index is 0.00000161. The lowest BCUT2D eigenvalue weighted by Crippen LogP contribution is -2.46. The molecular formula is C27H40F3N7O3S. The summed E-state index contributed by atoms with van der Waals surface area (Å²) in [5, 5.41) is 11.8. The molecular weight excluding hydrogens is 559 g/mol. The Kier molecular flexibility index (Phi) is 14.0. The molecule has 4 rings (SSSR count). The third-order valence-corrected chi connectivity index (χ3v) is 6.16. The third kappa shape index (κ3) is 9.05. The lowest BCUT2D eigenvalue weighted by Gasteiger charge is -2.35. The second kappa shape index (κ2) is 16.2. The van der Waals surface area contributed by atoms with Crippen LogP contribution < -0.4 is 14.5 Å². The largest absolute Gasteiger partial charge is 0.467 e. The van der Waals surface area contributed by atoms with Gasteiger partial charge in [-0.05, 0) is 24.2 Å². The molecule has 0 N–H and O–H groups in total. The van der Waals surface area contributed by atoms with E-state index in [1.807, 2.05) is 33.8 Å². The number of alkyl halides is 3. The Morgan fingerprint density at radius 1 is 1.05 bits per heavy atom. The molecule has 14 heteroatoms. The Morgan fingerprint density at radius 3 is 2.22 bits per heavy atom. The number of anilines is 2. The number of piperazine rings is 1. The van der Waals surface area contributed by atoms with E-state index in [1.165, 1.54) is 7.11 Å². The highest BCUT2D eigenvalue weighted by atomic mass is 32.1. The van der Waals surface area contributed by atoms with Gasteiger partial charge in [-0.3, -0.25) is 10.1 Å². The normalized spacial score (nSPS) is 13.3. The monoisotopic (exact) mass is 599 g/mol. The maximum absolute atomic E-state index is 13.4. The van der Waals surface area contributed by atoms with Crippen LogP contribution in [-0.2, 0) is 12.7 Å². The Bertz CT molecular complexity index is 1270. The molecule has 1 aliphatic rings. The molecule has 3 heterocycles. The third-order valence-electron chi connectivity index (χ3n) is 6.16. The zero-order valence-electron chi connectivity index (χ0n) is 24.6. The number of ether oxygens (including phenoxy) is 1. The van der Waals surface area contributed by atoms with E-state index in [4.69, 9.17) is 4.74 Å². The Labute approximate surface area is 246 Å². The number of nitro benzene ring substituents is 1. The van der Waals surface area contributed by atoms with Crippen molar-refractivity contribution in [3.63, 3.8) is 0 Å². The highest BCUT2D eigenvalue weighted by molar-refractivity contribution is 7.59. The van der Waals surface area contributed by atoms with Crippen LogP contribution in [0.3, 0.4) is 0 Å². The van der Waals surface area contributed by atoms with E-state index in [9.17, 15) is 23.3 Å². The van der Waals surface area contributed by atoms with Gasteiger partial charge in [0.1, 0.15) is 5.82 Å². The number of methoxy groups -OCH3 is 1. The van der Waals surface area contributed by atoms with Crippen LogP contribution in [0.2, 0.25) is 0 Å². The standard InChI is InChI=1S/C23H26F3N7O3.2C2H6.H2S/c1-4-31-5-7-32(8-6-31)18-12-19-20(27-13-18)28-22(36-3)29-21(19)30(2)14-15-9-16(23(24,25)26)11-17(10-15)33(34)35;2*1-2;/h9-13H,4-8,14H2,1-3H3;2*1-2H3;1H2. The summed E-state index contributed by atoms with van der Waals surface area (Å²) in [4.78, 5) is 29.8. The second-order valence-corrected chi connectivity index (χ2v) is 8.52. The second-order valence-electron chi connectivity index (χ2n) is 8.52. The lowest BCUT2D eigenvalue weighted by molar-refractivity contribution is -0.385. The van der Waals surface area contributed by atoms with Gasteiger partial charge >= 0.3 is 12.2 Å². The number of pyridine rings is 1. The van der Waals surface area contributed by atoms with Crippen molar-refractivity contribution in [2.24, 2.45) is 0 Å². The minimum atomic E-state index is -4.72. The number of likely N-dealkylation sites (N-methyl/N-ethyl adjacent to an activating group) is 1. The number of halogens is 3. The Morgan fingerprint density at radius 2 is 1.68 bits per heavy atom. The minimum Gasteiger partial charge on any atom is -0.467 e. The molecule has 0 unspecified atom stereocenters. The van der Waals surface area contributed by atoms with E-state index >= 15 is 0 Å². The zero-order chi connectivity index (χ0) is 30.0. The maximum atomic E-state index is 13.4. The fraction of sp³-hybridized carbons (Fsp3) is 0.519. The summed E-state index contributed by atoms with van der Waals surface area (Å²) in [5.41, 5.74) is -0.343. The molecule has 0 aliphatic carbocycles. The molecule has 1 fully saturated rings. The number of hydrogen-bond acceptors (Lipinski definition) is 9. The highest BCUT2D eigenvalue weighted by Crippen LogP contribution is 2.34. The van der Waals surface area contributed by atoms with E-state index in [-0.39, 0.29) is 31.6 Å². The van der Waals surface area contributed by atoms with E-state index in [0.29, 0.717) is 22.9 Å². The maximum Gasteiger partial charge on any atom is 0.416 e. The Hall–Kier alpha value is -3.39. The zero-order valence-corrected chi connectivity index (χ0v) is 25.6. The first-order valence-electron chi connectivity index (χ1n) is 13.3. The van der Waals surface area contributed by atoms with Crippen molar-refractivity contribution in [3.05, 3.63) is 51.7 Å². The predicted molar refractivity (Wildman–Crippen MR) is 161 cm³/mol. The fourth-order valence-corrected chi connectivity index (χ4v) is 4.23. The van der Waals surface area contributed by atoms with Crippen LogP contribution >= 0.6 is 13.5 Å². The molecule has 0 saturated carbocycles. The number of non-ortho nitro benzene ring substituents is 1. The van der Waals surface area contributed by atoms with Crippen molar-refractivity contribution in [2.45, 2.75) is 47.3 Å². The molecule has 2 aromatic heterocycles. The van der Waals surface area contributed by atoms with Gasteiger partial charge in [0.05, 0.1) is 34.9 Å². The average Bonchev–Trinajstić information content (AvgIpc) is 2.97. The van der Waals surface area contributed by atoms with E-state index in [1.54, 1.807) is 18.1 Å². The number of fused-ring (bicyclic) bond motifs is 1. The lowest BCUT2D eigenvalue weighted by atomic mass is 10.1. The fourth-order valence-electron chi connectivity index (χ4n) is 4.23. The highest BCUT2D eigenvalue weighted by Gasteiger charge is 2.33. The van der Waals surface area contributed by atoms with Crippen molar-refractivity contribution >= 4 is 41.7 Å². The summed E-state index contributed by atoms with van der Waals surface area (Å²) in [6.07, 6.45) is -2.99. The van der Waals surface area contributed by atoms with Crippen molar-refractivity contribution in [1.29, 1.82) is 0 Å². The molecule has 1 aromatic carbocycles. The number of hydrogen-bond donors (Lipinski definition) is 0. The minimum absolute atomic E-state index is 0. The predicted octanol–water partition coefficient (Wildman–Crippen LogP) is 5.90. The number of nitrogens with zero attached hydrogens (tertiary/aromatic N) is 7. The van der Waals surface area contributed by atoms with Gasteiger partial charge in [-0.2, -0.15) is 36.6 Å². The molecule has 0 spiro atoms. The number of rotatable bonds is 7. The first-order chi connectivity index (χ1) is 19.1. The van der Waals surface area contributed by atoms with Crippen LogP contribution in [0, 0.1) is 10.1 Å². The van der Waals surface area contributed by atoms with Gasteiger partial charge in [0.2, 0.25) is 0 Å². The first kappa shape index (κ1) is 35.6. The van der Waals surface area contributed by atoms with Gasteiger partial charge in [0, 0.05) is 51.9 Å². The van der Waals surface area contributed by atoms with Crippen LogP contribution in [0.1, 0.15) is 45.7 Å². The SMILES string of the molecule is CC.CC.CCN1CCN(c2cnc3nc(OC)nc(N(C)Cc4cc([N+](=O)[O-])cc(C(F)(F)F)c4)c3c2)CC1.S. The molecule has 41 heavy (non-hydrogen) atoms.